The third kappa shape index (κ3) is 2.85. The Morgan fingerprint density at radius 3 is 2.65 bits per heavy atom. The van der Waals surface area contributed by atoms with Gasteiger partial charge in [-0.1, -0.05) is 34.1 Å². The number of ether oxygens (including phenoxy) is 1. The van der Waals surface area contributed by atoms with E-state index in [0.29, 0.717) is 0 Å². The fourth-order valence-corrected chi connectivity index (χ4v) is 2.55. The molecule has 0 amide bonds. The van der Waals surface area contributed by atoms with Crippen LogP contribution in [0.15, 0.2) is 40.9 Å². The lowest BCUT2D eigenvalue weighted by Gasteiger charge is -2.20. The molecule has 20 heavy (non-hydrogen) atoms. The van der Waals surface area contributed by atoms with Gasteiger partial charge in [0.2, 0.25) is 0 Å². The lowest BCUT2D eigenvalue weighted by molar-refractivity contribution is 0.385. The number of halogens is 2. The maximum atomic E-state index is 13.8. The zero-order chi connectivity index (χ0) is 14.7. The SMILES string of the molecule is COc1ccc(C(NN)c2cccc(Br)c2C)cc1F. The number of hydrogen-bond donors (Lipinski definition) is 2. The van der Waals surface area contributed by atoms with Gasteiger partial charge in [-0.2, -0.15) is 0 Å². The number of methoxy groups -OCH3 is 1. The van der Waals surface area contributed by atoms with Gasteiger partial charge in [0.1, 0.15) is 0 Å². The van der Waals surface area contributed by atoms with Gasteiger partial charge in [-0.05, 0) is 41.8 Å². The van der Waals surface area contributed by atoms with Crippen LogP contribution in [0.4, 0.5) is 4.39 Å². The van der Waals surface area contributed by atoms with Crippen LogP contribution in [0.2, 0.25) is 0 Å². The summed E-state index contributed by atoms with van der Waals surface area (Å²) < 4.78 is 19.8. The molecular formula is C15H16BrFN2O. The van der Waals surface area contributed by atoms with Crippen molar-refractivity contribution in [1.29, 1.82) is 0 Å². The van der Waals surface area contributed by atoms with Crippen molar-refractivity contribution in [3.05, 3.63) is 63.4 Å². The van der Waals surface area contributed by atoms with Crippen molar-refractivity contribution >= 4 is 15.9 Å². The monoisotopic (exact) mass is 338 g/mol. The van der Waals surface area contributed by atoms with Gasteiger partial charge in [0.25, 0.3) is 0 Å². The molecule has 0 bridgehead atoms. The molecule has 0 heterocycles. The van der Waals surface area contributed by atoms with Gasteiger partial charge in [0.15, 0.2) is 11.6 Å². The molecule has 1 atom stereocenters. The first-order valence-corrected chi connectivity index (χ1v) is 6.92. The second-order valence-corrected chi connectivity index (χ2v) is 5.30. The molecule has 0 fully saturated rings. The van der Waals surface area contributed by atoms with E-state index in [1.807, 2.05) is 25.1 Å². The average molecular weight is 339 g/mol. The molecule has 0 saturated heterocycles. The van der Waals surface area contributed by atoms with E-state index < -0.39 is 5.82 Å². The lowest BCUT2D eigenvalue weighted by atomic mass is 9.95. The standard InChI is InChI=1S/C15H16BrFN2O/c1-9-11(4-3-5-12(9)16)15(19-18)10-6-7-14(20-2)13(17)8-10/h3-8,15,19H,18H2,1-2H3. The Bertz CT molecular complexity index is 619. The normalized spacial score (nSPS) is 12.2. The summed E-state index contributed by atoms with van der Waals surface area (Å²) in [5, 5.41) is 0. The number of nitrogens with two attached hydrogens (primary N) is 1. The Morgan fingerprint density at radius 2 is 2.05 bits per heavy atom. The summed E-state index contributed by atoms with van der Waals surface area (Å²) in [4.78, 5) is 0. The van der Waals surface area contributed by atoms with E-state index in [4.69, 9.17) is 10.6 Å². The fraction of sp³-hybridized carbons (Fsp3) is 0.200. The maximum Gasteiger partial charge on any atom is 0.165 e. The molecule has 3 nitrogen and oxygen atoms in total. The van der Waals surface area contributed by atoms with Crippen LogP contribution in [0, 0.1) is 12.7 Å². The van der Waals surface area contributed by atoms with E-state index in [1.165, 1.54) is 13.2 Å². The van der Waals surface area contributed by atoms with Crippen LogP contribution < -0.4 is 16.0 Å². The summed E-state index contributed by atoms with van der Waals surface area (Å²) >= 11 is 3.49. The topological polar surface area (TPSA) is 47.3 Å². The van der Waals surface area contributed by atoms with Gasteiger partial charge in [-0.25, -0.2) is 9.82 Å². The first-order valence-electron chi connectivity index (χ1n) is 6.13. The molecule has 0 radical (unpaired) electrons. The number of hydrazine groups is 1. The Morgan fingerprint density at radius 1 is 1.30 bits per heavy atom. The number of hydrogen-bond acceptors (Lipinski definition) is 3. The average Bonchev–Trinajstić information content (AvgIpc) is 2.44. The zero-order valence-electron chi connectivity index (χ0n) is 11.3. The first-order chi connectivity index (χ1) is 9.58. The van der Waals surface area contributed by atoms with Gasteiger partial charge in [-0.3, -0.25) is 5.84 Å². The molecule has 0 aliphatic rings. The molecule has 0 spiro atoms. The quantitative estimate of drug-likeness (QED) is 0.663. The van der Waals surface area contributed by atoms with Crippen LogP contribution in [-0.4, -0.2) is 7.11 Å². The van der Waals surface area contributed by atoms with Gasteiger partial charge >= 0.3 is 0 Å². The minimum Gasteiger partial charge on any atom is -0.494 e. The highest BCUT2D eigenvalue weighted by molar-refractivity contribution is 9.10. The molecule has 1 unspecified atom stereocenters. The van der Waals surface area contributed by atoms with Gasteiger partial charge in [-0.15, -0.1) is 0 Å². The Labute approximate surface area is 126 Å². The largest absolute Gasteiger partial charge is 0.494 e. The molecule has 2 rings (SSSR count). The summed E-state index contributed by atoms with van der Waals surface area (Å²) in [6, 6.07) is 10.4. The van der Waals surface area contributed by atoms with E-state index in [-0.39, 0.29) is 11.8 Å². The third-order valence-corrected chi connectivity index (χ3v) is 4.16. The molecule has 3 N–H and O–H groups in total. The van der Waals surface area contributed by atoms with Crippen molar-refractivity contribution in [1.82, 2.24) is 5.43 Å². The van der Waals surface area contributed by atoms with Crippen LogP contribution in [0.1, 0.15) is 22.7 Å². The third-order valence-electron chi connectivity index (χ3n) is 3.30. The lowest BCUT2D eigenvalue weighted by Crippen LogP contribution is -2.29. The Hall–Kier alpha value is -1.43. The highest BCUT2D eigenvalue weighted by atomic mass is 79.9. The number of benzene rings is 2. The summed E-state index contributed by atoms with van der Waals surface area (Å²) in [6.07, 6.45) is 0. The minimum absolute atomic E-state index is 0.218. The van der Waals surface area contributed by atoms with Crippen LogP contribution in [0.5, 0.6) is 5.75 Å². The van der Waals surface area contributed by atoms with Gasteiger partial charge < -0.3 is 4.74 Å². The van der Waals surface area contributed by atoms with Crippen molar-refractivity contribution in [2.75, 3.05) is 7.11 Å². The molecule has 0 aliphatic heterocycles. The number of nitrogens with one attached hydrogen (secondary N) is 1. The van der Waals surface area contributed by atoms with Crippen molar-refractivity contribution in [2.24, 2.45) is 5.84 Å². The second kappa shape index (κ2) is 6.35. The molecule has 2 aromatic rings. The van der Waals surface area contributed by atoms with Crippen LogP contribution in [0.3, 0.4) is 0 Å². The van der Waals surface area contributed by atoms with E-state index in [2.05, 4.69) is 21.4 Å². The van der Waals surface area contributed by atoms with Crippen LogP contribution in [0.25, 0.3) is 0 Å². The summed E-state index contributed by atoms with van der Waals surface area (Å²) in [5.41, 5.74) is 5.54. The highest BCUT2D eigenvalue weighted by Gasteiger charge is 2.17. The van der Waals surface area contributed by atoms with Crippen molar-refractivity contribution in [3.63, 3.8) is 0 Å². The highest BCUT2D eigenvalue weighted by Crippen LogP contribution is 2.30. The van der Waals surface area contributed by atoms with Gasteiger partial charge in [0, 0.05) is 4.47 Å². The summed E-state index contributed by atoms with van der Waals surface area (Å²) in [5.74, 6) is 5.47. The van der Waals surface area contributed by atoms with Crippen molar-refractivity contribution in [2.45, 2.75) is 13.0 Å². The molecule has 106 valence electrons. The smallest absolute Gasteiger partial charge is 0.165 e. The van der Waals surface area contributed by atoms with E-state index in [0.717, 1.165) is 21.2 Å². The molecular weight excluding hydrogens is 323 g/mol. The van der Waals surface area contributed by atoms with E-state index in [1.54, 1.807) is 12.1 Å². The minimum atomic E-state index is -0.405. The van der Waals surface area contributed by atoms with Crippen LogP contribution >= 0.6 is 15.9 Å². The predicted octanol–water partition coefficient (Wildman–Crippen LogP) is 3.46. The first kappa shape index (κ1) is 15.0. The molecule has 0 aliphatic carbocycles. The summed E-state index contributed by atoms with van der Waals surface area (Å²) in [6.45, 7) is 1.99. The van der Waals surface area contributed by atoms with Crippen molar-refractivity contribution < 1.29 is 9.13 Å². The molecule has 0 saturated carbocycles. The second-order valence-electron chi connectivity index (χ2n) is 4.45. The van der Waals surface area contributed by atoms with E-state index >= 15 is 0 Å². The van der Waals surface area contributed by atoms with E-state index in [9.17, 15) is 4.39 Å². The summed E-state index contributed by atoms with van der Waals surface area (Å²) in [7, 11) is 1.44. The van der Waals surface area contributed by atoms with Crippen LogP contribution in [-0.2, 0) is 0 Å². The van der Waals surface area contributed by atoms with Crippen molar-refractivity contribution in [3.8, 4) is 5.75 Å². The zero-order valence-corrected chi connectivity index (χ0v) is 12.9. The molecule has 0 aromatic heterocycles. The van der Waals surface area contributed by atoms with Gasteiger partial charge in [0.05, 0.1) is 13.2 Å². The Balaban J connectivity index is 2.47. The fourth-order valence-electron chi connectivity index (χ4n) is 2.16. The Kier molecular flexibility index (Phi) is 4.75. The molecule has 2 aromatic carbocycles. The molecule has 5 heteroatoms. The maximum absolute atomic E-state index is 13.8. The predicted molar refractivity (Wildman–Crippen MR) is 81.0 cm³/mol. The number of rotatable bonds is 4.